The fourth-order valence-corrected chi connectivity index (χ4v) is 2.66. The van der Waals surface area contributed by atoms with Gasteiger partial charge in [0.2, 0.25) is 5.91 Å². The molecule has 2 N–H and O–H groups in total. The molecule has 5 nitrogen and oxygen atoms in total. The van der Waals surface area contributed by atoms with Gasteiger partial charge in [0.15, 0.2) is 17.7 Å². The molecular formula is C18H16BrF3N2O3. The van der Waals surface area contributed by atoms with Crippen molar-refractivity contribution in [3.05, 3.63) is 63.9 Å². The smallest absolute Gasteiger partial charge is 0.261 e. The van der Waals surface area contributed by atoms with Crippen LogP contribution in [0.4, 0.5) is 13.2 Å². The second kappa shape index (κ2) is 8.90. The Bertz CT molecular complexity index is 864. The van der Waals surface area contributed by atoms with Crippen LogP contribution in [-0.4, -0.2) is 25.0 Å². The van der Waals surface area contributed by atoms with Crippen LogP contribution in [0.25, 0.3) is 0 Å². The lowest BCUT2D eigenvalue weighted by molar-refractivity contribution is -0.132. The van der Waals surface area contributed by atoms with Crippen molar-refractivity contribution in [1.82, 2.24) is 10.6 Å². The third kappa shape index (κ3) is 5.22. The van der Waals surface area contributed by atoms with E-state index in [0.717, 1.165) is 12.1 Å². The van der Waals surface area contributed by atoms with E-state index < -0.39 is 41.4 Å². The Kier molecular flexibility index (Phi) is 6.84. The van der Waals surface area contributed by atoms with E-state index in [0.29, 0.717) is 4.47 Å². The molecule has 0 saturated carbocycles. The van der Waals surface area contributed by atoms with Gasteiger partial charge >= 0.3 is 0 Å². The maximum atomic E-state index is 13.5. The average Bonchev–Trinajstić information content (AvgIpc) is 2.63. The van der Waals surface area contributed by atoms with Crippen molar-refractivity contribution in [1.29, 1.82) is 0 Å². The third-order valence-electron chi connectivity index (χ3n) is 3.64. The van der Waals surface area contributed by atoms with Gasteiger partial charge < -0.3 is 15.4 Å². The Morgan fingerprint density at radius 3 is 2.33 bits per heavy atom. The molecule has 2 amide bonds. The molecule has 0 aliphatic rings. The van der Waals surface area contributed by atoms with E-state index in [-0.39, 0.29) is 11.3 Å². The molecule has 0 saturated heterocycles. The van der Waals surface area contributed by atoms with E-state index in [1.54, 1.807) is 0 Å². The molecule has 2 aromatic rings. The minimum Gasteiger partial charge on any atom is -0.480 e. The van der Waals surface area contributed by atoms with E-state index in [2.05, 4.69) is 26.6 Å². The minimum absolute atomic E-state index is 0.0664. The third-order valence-corrected chi connectivity index (χ3v) is 4.26. The monoisotopic (exact) mass is 444 g/mol. The molecule has 2 aromatic carbocycles. The summed E-state index contributed by atoms with van der Waals surface area (Å²) in [6.45, 7) is 1.43. The van der Waals surface area contributed by atoms with Gasteiger partial charge in [-0.2, -0.15) is 0 Å². The standard InChI is InChI=1S/C18H16BrF3N2O3/c1-9(27-15-6-4-11(20)8-12(15)19)17(25)24-16(18(26)23-2)10-3-5-13(21)14(22)7-10/h3-9,16H,1-2H3,(H,23,26)(H,24,25). The summed E-state index contributed by atoms with van der Waals surface area (Å²) < 4.78 is 45.5. The van der Waals surface area contributed by atoms with Crippen LogP contribution in [0.1, 0.15) is 18.5 Å². The summed E-state index contributed by atoms with van der Waals surface area (Å²) in [7, 11) is 1.34. The SMILES string of the molecule is CNC(=O)C(NC(=O)C(C)Oc1ccc(F)cc1Br)c1ccc(F)c(F)c1. The number of nitrogens with one attached hydrogen (secondary N) is 2. The number of ether oxygens (including phenoxy) is 1. The zero-order valence-electron chi connectivity index (χ0n) is 14.4. The summed E-state index contributed by atoms with van der Waals surface area (Å²) in [5.74, 6) is -3.77. The van der Waals surface area contributed by atoms with E-state index in [4.69, 9.17) is 4.74 Å². The molecule has 9 heteroatoms. The van der Waals surface area contributed by atoms with Gasteiger partial charge in [0.25, 0.3) is 5.91 Å². The molecule has 2 atom stereocenters. The lowest BCUT2D eigenvalue weighted by atomic mass is 10.1. The molecule has 27 heavy (non-hydrogen) atoms. The number of hydrogen-bond acceptors (Lipinski definition) is 3. The highest BCUT2D eigenvalue weighted by molar-refractivity contribution is 9.10. The Hall–Kier alpha value is -2.55. The first kappa shape index (κ1) is 20.8. The number of hydrogen-bond donors (Lipinski definition) is 2. The van der Waals surface area contributed by atoms with Crippen molar-refractivity contribution < 1.29 is 27.5 Å². The van der Waals surface area contributed by atoms with Gasteiger partial charge in [0.05, 0.1) is 4.47 Å². The molecule has 0 fully saturated rings. The van der Waals surface area contributed by atoms with Crippen LogP contribution in [-0.2, 0) is 9.59 Å². The second-order valence-corrected chi connectivity index (χ2v) is 6.42. The number of halogens is 4. The quantitative estimate of drug-likeness (QED) is 0.718. The van der Waals surface area contributed by atoms with E-state index >= 15 is 0 Å². The lowest BCUT2D eigenvalue weighted by Gasteiger charge is -2.21. The Labute approximate surface area is 162 Å². The van der Waals surface area contributed by atoms with Gasteiger partial charge in [-0.15, -0.1) is 0 Å². The first-order valence-corrected chi connectivity index (χ1v) is 8.61. The fourth-order valence-electron chi connectivity index (χ4n) is 2.21. The zero-order chi connectivity index (χ0) is 20.1. The molecule has 0 radical (unpaired) electrons. The first-order chi connectivity index (χ1) is 12.7. The number of likely N-dealkylation sites (N-methyl/N-ethyl adjacent to an activating group) is 1. The molecule has 144 valence electrons. The number of amides is 2. The van der Waals surface area contributed by atoms with Crippen molar-refractivity contribution in [3.8, 4) is 5.75 Å². The van der Waals surface area contributed by atoms with E-state index in [1.165, 1.54) is 38.2 Å². The molecule has 2 rings (SSSR count). The molecular weight excluding hydrogens is 429 g/mol. The van der Waals surface area contributed by atoms with Gasteiger partial charge in [-0.1, -0.05) is 6.07 Å². The number of rotatable bonds is 6. The molecule has 0 aliphatic carbocycles. The number of benzene rings is 2. The highest BCUT2D eigenvalue weighted by Gasteiger charge is 2.26. The highest BCUT2D eigenvalue weighted by atomic mass is 79.9. The predicted molar refractivity (Wildman–Crippen MR) is 95.5 cm³/mol. The summed E-state index contributed by atoms with van der Waals surface area (Å²) in [5.41, 5.74) is 0.0664. The summed E-state index contributed by atoms with van der Waals surface area (Å²) in [6.07, 6.45) is -1.05. The molecule has 0 heterocycles. The van der Waals surface area contributed by atoms with Crippen LogP contribution < -0.4 is 15.4 Å². The van der Waals surface area contributed by atoms with Gasteiger partial charge in [-0.25, -0.2) is 13.2 Å². The highest BCUT2D eigenvalue weighted by Crippen LogP contribution is 2.26. The maximum Gasteiger partial charge on any atom is 0.261 e. The Morgan fingerprint density at radius 1 is 1.04 bits per heavy atom. The van der Waals surface area contributed by atoms with E-state index in [9.17, 15) is 22.8 Å². The summed E-state index contributed by atoms with van der Waals surface area (Å²) in [6, 6.07) is 5.32. The molecule has 0 bridgehead atoms. The maximum absolute atomic E-state index is 13.5. The van der Waals surface area contributed by atoms with Crippen molar-refractivity contribution in [2.24, 2.45) is 0 Å². The summed E-state index contributed by atoms with van der Waals surface area (Å²) in [4.78, 5) is 24.5. The number of carbonyl (C=O) groups is 2. The summed E-state index contributed by atoms with van der Waals surface area (Å²) in [5, 5.41) is 4.77. The molecule has 2 unspecified atom stereocenters. The van der Waals surface area contributed by atoms with Gasteiger partial charge in [0.1, 0.15) is 17.6 Å². The van der Waals surface area contributed by atoms with Crippen molar-refractivity contribution in [2.75, 3.05) is 7.05 Å². The zero-order valence-corrected chi connectivity index (χ0v) is 15.9. The largest absolute Gasteiger partial charge is 0.480 e. The lowest BCUT2D eigenvalue weighted by Crippen LogP contribution is -2.44. The predicted octanol–water partition coefficient (Wildman–Crippen LogP) is 3.24. The topological polar surface area (TPSA) is 67.4 Å². The van der Waals surface area contributed by atoms with Crippen molar-refractivity contribution in [3.63, 3.8) is 0 Å². The first-order valence-electron chi connectivity index (χ1n) is 7.81. The van der Waals surface area contributed by atoms with E-state index in [1.807, 2.05) is 0 Å². The van der Waals surface area contributed by atoms with Crippen LogP contribution in [0.15, 0.2) is 40.9 Å². The normalized spacial score (nSPS) is 12.8. The Balaban J connectivity index is 2.17. The van der Waals surface area contributed by atoms with Crippen LogP contribution >= 0.6 is 15.9 Å². The van der Waals surface area contributed by atoms with Crippen LogP contribution in [0, 0.1) is 17.5 Å². The average molecular weight is 445 g/mol. The summed E-state index contributed by atoms with van der Waals surface area (Å²) >= 11 is 3.12. The van der Waals surface area contributed by atoms with Gasteiger partial charge in [-0.3, -0.25) is 9.59 Å². The van der Waals surface area contributed by atoms with Crippen LogP contribution in [0.5, 0.6) is 5.75 Å². The Morgan fingerprint density at radius 2 is 1.74 bits per heavy atom. The molecule has 0 spiro atoms. The second-order valence-electron chi connectivity index (χ2n) is 5.56. The molecule has 0 aromatic heterocycles. The van der Waals surface area contributed by atoms with Gasteiger partial charge in [0, 0.05) is 7.05 Å². The van der Waals surface area contributed by atoms with Crippen LogP contribution in [0.3, 0.4) is 0 Å². The van der Waals surface area contributed by atoms with Crippen LogP contribution in [0.2, 0.25) is 0 Å². The van der Waals surface area contributed by atoms with Crippen molar-refractivity contribution >= 4 is 27.7 Å². The fraction of sp³-hybridized carbons (Fsp3) is 0.222. The number of carbonyl (C=O) groups excluding carboxylic acids is 2. The van der Waals surface area contributed by atoms with Gasteiger partial charge in [-0.05, 0) is 58.7 Å². The van der Waals surface area contributed by atoms with Crippen molar-refractivity contribution in [2.45, 2.75) is 19.1 Å². The minimum atomic E-state index is -1.25. The molecule has 0 aliphatic heterocycles.